The highest BCUT2D eigenvalue weighted by molar-refractivity contribution is 7.99. The fraction of sp³-hybridized carbons (Fsp3) is 0.545. The predicted octanol–water partition coefficient (Wildman–Crippen LogP) is 1.47. The molecule has 3 N–H and O–H groups in total. The molecule has 0 saturated heterocycles. The Morgan fingerprint density at radius 3 is 2.89 bits per heavy atom. The molecule has 1 aromatic rings. The van der Waals surface area contributed by atoms with Crippen molar-refractivity contribution in [2.45, 2.75) is 31.2 Å². The summed E-state index contributed by atoms with van der Waals surface area (Å²) in [6, 6.07) is 2.90. The van der Waals surface area contributed by atoms with Crippen LogP contribution in [0, 0.1) is 0 Å². The Labute approximate surface area is 113 Å². The van der Waals surface area contributed by atoms with Gasteiger partial charge in [0.05, 0.1) is 0 Å². The number of aromatic nitrogens is 1. The van der Waals surface area contributed by atoms with Crippen LogP contribution in [0.25, 0.3) is 0 Å². The minimum absolute atomic E-state index is 0.0279. The van der Waals surface area contributed by atoms with Crippen molar-refractivity contribution < 1.29 is 8.42 Å². The third kappa shape index (κ3) is 4.47. The number of sulfonamides is 1. The first-order chi connectivity index (χ1) is 8.47. The number of pyridine rings is 1. The second-order valence-electron chi connectivity index (χ2n) is 3.89. The molecule has 0 fully saturated rings. The topological polar surface area (TPSA) is 85.1 Å². The molecule has 0 aliphatic rings. The molecule has 1 atom stereocenters. The molecule has 5 nitrogen and oxygen atoms in total. The van der Waals surface area contributed by atoms with Crippen molar-refractivity contribution in [1.82, 2.24) is 9.71 Å². The number of anilines is 1. The number of nitrogens with two attached hydrogens (primary N) is 1. The van der Waals surface area contributed by atoms with E-state index in [4.69, 9.17) is 5.73 Å². The third-order valence-corrected chi connectivity index (χ3v) is 4.91. The molecule has 0 amide bonds. The molecule has 102 valence electrons. The number of thioether (sulfide) groups is 1. The average molecular weight is 289 g/mol. The molecule has 0 saturated carbocycles. The minimum Gasteiger partial charge on any atom is -0.383 e. The molecule has 1 heterocycles. The molecule has 1 unspecified atom stereocenters. The van der Waals surface area contributed by atoms with Gasteiger partial charge in [-0.3, -0.25) is 0 Å². The molecule has 1 rings (SSSR count). The van der Waals surface area contributed by atoms with Crippen molar-refractivity contribution in [2.75, 3.05) is 17.2 Å². The zero-order valence-electron chi connectivity index (χ0n) is 10.6. The molecule has 0 aliphatic carbocycles. The average Bonchev–Trinajstić information content (AvgIpc) is 2.29. The number of nitrogen functional groups attached to an aromatic ring is 1. The van der Waals surface area contributed by atoms with Gasteiger partial charge in [0.15, 0.2) is 0 Å². The van der Waals surface area contributed by atoms with E-state index in [1.807, 2.05) is 6.92 Å². The number of hydrogen-bond donors (Lipinski definition) is 2. The van der Waals surface area contributed by atoms with Crippen LogP contribution in [0.4, 0.5) is 5.82 Å². The normalized spacial score (nSPS) is 13.4. The summed E-state index contributed by atoms with van der Waals surface area (Å²) < 4.78 is 26.7. The summed E-state index contributed by atoms with van der Waals surface area (Å²) in [5.41, 5.74) is 5.57. The molecule has 0 spiro atoms. The maximum Gasteiger partial charge on any atom is 0.244 e. The summed E-state index contributed by atoms with van der Waals surface area (Å²) in [5, 5.41) is 0. The van der Waals surface area contributed by atoms with E-state index in [9.17, 15) is 8.42 Å². The fourth-order valence-electron chi connectivity index (χ4n) is 1.42. The summed E-state index contributed by atoms with van der Waals surface area (Å²) in [7, 11) is -3.57. The number of rotatable bonds is 7. The highest BCUT2D eigenvalue weighted by Crippen LogP contribution is 2.15. The SMILES string of the molecule is CCSCCC(C)NS(=O)(=O)c1cccnc1N. The Bertz CT molecular complexity index is 477. The zero-order valence-corrected chi connectivity index (χ0v) is 12.2. The molecular formula is C11H19N3O2S2. The molecule has 0 aromatic carbocycles. The molecule has 0 aliphatic heterocycles. The van der Waals surface area contributed by atoms with Gasteiger partial charge in [-0.1, -0.05) is 6.92 Å². The van der Waals surface area contributed by atoms with E-state index in [2.05, 4.69) is 16.6 Å². The van der Waals surface area contributed by atoms with Gasteiger partial charge in [0.25, 0.3) is 0 Å². The van der Waals surface area contributed by atoms with Crippen LogP contribution >= 0.6 is 11.8 Å². The summed E-state index contributed by atoms with van der Waals surface area (Å²) >= 11 is 1.79. The van der Waals surface area contributed by atoms with Crippen LogP contribution in [0.3, 0.4) is 0 Å². The van der Waals surface area contributed by atoms with Gasteiger partial charge in [-0.05, 0) is 37.0 Å². The van der Waals surface area contributed by atoms with Crippen molar-refractivity contribution >= 4 is 27.6 Å². The van der Waals surface area contributed by atoms with Crippen LogP contribution in [-0.4, -0.2) is 30.9 Å². The largest absolute Gasteiger partial charge is 0.383 e. The van der Waals surface area contributed by atoms with E-state index in [0.717, 1.165) is 17.9 Å². The molecule has 1 aromatic heterocycles. The van der Waals surface area contributed by atoms with Crippen molar-refractivity contribution in [3.63, 3.8) is 0 Å². The van der Waals surface area contributed by atoms with Gasteiger partial charge in [-0.15, -0.1) is 0 Å². The van der Waals surface area contributed by atoms with E-state index in [1.54, 1.807) is 17.8 Å². The highest BCUT2D eigenvalue weighted by atomic mass is 32.2. The Hall–Kier alpha value is -0.790. The maximum absolute atomic E-state index is 12.1. The van der Waals surface area contributed by atoms with Gasteiger partial charge in [-0.2, -0.15) is 11.8 Å². The van der Waals surface area contributed by atoms with Gasteiger partial charge >= 0.3 is 0 Å². The molecular weight excluding hydrogens is 270 g/mol. The summed E-state index contributed by atoms with van der Waals surface area (Å²) in [5.74, 6) is 2.00. The van der Waals surface area contributed by atoms with Crippen molar-refractivity contribution in [2.24, 2.45) is 0 Å². The first kappa shape index (κ1) is 15.3. The zero-order chi connectivity index (χ0) is 13.6. The molecule has 7 heteroatoms. The van der Waals surface area contributed by atoms with Crippen LogP contribution in [0.15, 0.2) is 23.2 Å². The Morgan fingerprint density at radius 2 is 2.28 bits per heavy atom. The fourth-order valence-corrected chi connectivity index (χ4v) is 3.59. The van der Waals surface area contributed by atoms with E-state index in [0.29, 0.717) is 0 Å². The van der Waals surface area contributed by atoms with E-state index in [1.165, 1.54) is 12.3 Å². The van der Waals surface area contributed by atoms with Crippen molar-refractivity contribution in [1.29, 1.82) is 0 Å². The van der Waals surface area contributed by atoms with Crippen molar-refractivity contribution in [3.8, 4) is 0 Å². The Balaban J connectivity index is 2.68. The van der Waals surface area contributed by atoms with Crippen LogP contribution in [0.2, 0.25) is 0 Å². The van der Waals surface area contributed by atoms with Crippen LogP contribution in [0.1, 0.15) is 20.3 Å². The lowest BCUT2D eigenvalue weighted by atomic mass is 10.3. The van der Waals surface area contributed by atoms with Crippen molar-refractivity contribution in [3.05, 3.63) is 18.3 Å². The van der Waals surface area contributed by atoms with Crippen LogP contribution in [0.5, 0.6) is 0 Å². The van der Waals surface area contributed by atoms with E-state index in [-0.39, 0.29) is 16.8 Å². The van der Waals surface area contributed by atoms with E-state index >= 15 is 0 Å². The molecule has 18 heavy (non-hydrogen) atoms. The van der Waals surface area contributed by atoms with Gasteiger partial charge in [0.1, 0.15) is 10.7 Å². The standard InChI is InChI=1S/C11H19N3O2S2/c1-3-17-8-6-9(2)14-18(15,16)10-5-4-7-13-11(10)12/h4-5,7,9,14H,3,6,8H2,1-2H3,(H2,12,13). The lowest BCUT2D eigenvalue weighted by Crippen LogP contribution is -2.33. The molecule has 0 radical (unpaired) electrons. The van der Waals surface area contributed by atoms with Gasteiger partial charge in [0, 0.05) is 12.2 Å². The number of nitrogens with zero attached hydrogens (tertiary/aromatic N) is 1. The van der Waals surface area contributed by atoms with E-state index < -0.39 is 10.0 Å². The maximum atomic E-state index is 12.1. The smallest absolute Gasteiger partial charge is 0.244 e. The summed E-state index contributed by atoms with van der Waals surface area (Å²) in [6.45, 7) is 3.93. The third-order valence-electron chi connectivity index (χ3n) is 2.34. The monoisotopic (exact) mass is 289 g/mol. The summed E-state index contributed by atoms with van der Waals surface area (Å²) in [4.78, 5) is 3.82. The highest BCUT2D eigenvalue weighted by Gasteiger charge is 2.20. The van der Waals surface area contributed by atoms with Gasteiger partial charge < -0.3 is 5.73 Å². The Kier molecular flexibility index (Phi) is 5.90. The first-order valence-electron chi connectivity index (χ1n) is 5.78. The van der Waals surface area contributed by atoms with Crippen LogP contribution in [-0.2, 0) is 10.0 Å². The number of hydrogen-bond acceptors (Lipinski definition) is 5. The number of nitrogens with one attached hydrogen (secondary N) is 1. The lowest BCUT2D eigenvalue weighted by Gasteiger charge is -2.14. The lowest BCUT2D eigenvalue weighted by molar-refractivity contribution is 0.557. The molecule has 0 bridgehead atoms. The predicted molar refractivity (Wildman–Crippen MR) is 76.0 cm³/mol. The van der Waals surface area contributed by atoms with Gasteiger partial charge in [0.2, 0.25) is 10.0 Å². The quantitative estimate of drug-likeness (QED) is 0.743. The Morgan fingerprint density at radius 1 is 1.56 bits per heavy atom. The van der Waals surface area contributed by atoms with Crippen LogP contribution < -0.4 is 10.5 Å². The minimum atomic E-state index is -3.57. The van der Waals surface area contributed by atoms with Gasteiger partial charge in [-0.25, -0.2) is 18.1 Å². The second kappa shape index (κ2) is 6.96. The first-order valence-corrected chi connectivity index (χ1v) is 8.41. The summed E-state index contributed by atoms with van der Waals surface area (Å²) in [6.07, 6.45) is 2.26. The second-order valence-corrected chi connectivity index (χ2v) is 6.97.